The third kappa shape index (κ3) is 5.86. The number of ether oxygens (including phenoxy) is 2. The molecule has 0 aliphatic carbocycles. The maximum atomic E-state index is 13.5. The highest BCUT2D eigenvalue weighted by Crippen LogP contribution is 2.35. The second kappa shape index (κ2) is 11.2. The molecular weight excluding hydrogens is 416 g/mol. The summed E-state index contributed by atoms with van der Waals surface area (Å²) in [6.45, 7) is 4.98. The average Bonchev–Trinajstić information content (AvgIpc) is 3.35. The molecular formula is C27H34N2O4. The minimum absolute atomic E-state index is 0.0629. The lowest BCUT2D eigenvalue weighted by Crippen LogP contribution is -2.46. The molecule has 0 aromatic heterocycles. The van der Waals surface area contributed by atoms with Crippen molar-refractivity contribution in [1.82, 2.24) is 9.80 Å². The minimum atomic E-state index is -0.124. The standard InChI is InChI=1S/C27H34N2O4/c1-2-32-24-14-12-21(13-15-24)25-11-7-18-29(25)27(31)22-8-6-17-28(20-22)26(30)16-19-33-23-9-4-3-5-10-23/h3-5,9-10,12-15,22,25H,2,6-8,11,16-20H2,1H3. The van der Waals surface area contributed by atoms with Gasteiger partial charge in [-0.1, -0.05) is 30.3 Å². The van der Waals surface area contributed by atoms with Crippen molar-refractivity contribution in [2.45, 2.75) is 45.1 Å². The Bertz CT molecular complexity index is 915. The molecule has 0 bridgehead atoms. The number of likely N-dealkylation sites (tertiary alicyclic amines) is 2. The first kappa shape index (κ1) is 23.1. The largest absolute Gasteiger partial charge is 0.494 e. The Hall–Kier alpha value is -3.02. The van der Waals surface area contributed by atoms with Crippen LogP contribution in [-0.4, -0.2) is 54.5 Å². The van der Waals surface area contributed by atoms with Crippen molar-refractivity contribution in [3.05, 3.63) is 60.2 Å². The molecule has 33 heavy (non-hydrogen) atoms. The highest BCUT2D eigenvalue weighted by molar-refractivity contribution is 5.82. The van der Waals surface area contributed by atoms with E-state index in [1.165, 1.54) is 0 Å². The topological polar surface area (TPSA) is 59.1 Å². The fourth-order valence-electron chi connectivity index (χ4n) is 4.90. The fraction of sp³-hybridized carbons (Fsp3) is 0.481. The molecule has 2 aromatic carbocycles. The molecule has 2 atom stereocenters. The van der Waals surface area contributed by atoms with E-state index in [0.29, 0.717) is 26.2 Å². The Kier molecular flexibility index (Phi) is 7.87. The summed E-state index contributed by atoms with van der Waals surface area (Å²) in [5, 5.41) is 0. The molecule has 2 saturated heterocycles. The molecule has 2 fully saturated rings. The van der Waals surface area contributed by atoms with Gasteiger partial charge in [0.25, 0.3) is 0 Å². The van der Waals surface area contributed by atoms with Gasteiger partial charge in [-0.2, -0.15) is 0 Å². The highest BCUT2D eigenvalue weighted by Gasteiger charge is 2.36. The van der Waals surface area contributed by atoms with E-state index in [4.69, 9.17) is 9.47 Å². The zero-order chi connectivity index (χ0) is 23.0. The molecule has 2 aliphatic rings. The van der Waals surface area contributed by atoms with E-state index >= 15 is 0 Å². The van der Waals surface area contributed by atoms with Gasteiger partial charge >= 0.3 is 0 Å². The Morgan fingerprint density at radius 3 is 2.39 bits per heavy atom. The first-order valence-electron chi connectivity index (χ1n) is 12.1. The molecule has 2 unspecified atom stereocenters. The van der Waals surface area contributed by atoms with E-state index in [1.54, 1.807) is 0 Å². The summed E-state index contributed by atoms with van der Waals surface area (Å²) in [5.41, 5.74) is 1.16. The predicted octanol–water partition coefficient (Wildman–Crippen LogP) is 4.46. The van der Waals surface area contributed by atoms with Crippen molar-refractivity contribution in [2.24, 2.45) is 5.92 Å². The quantitative estimate of drug-likeness (QED) is 0.596. The summed E-state index contributed by atoms with van der Waals surface area (Å²) in [6.07, 6.45) is 4.02. The van der Waals surface area contributed by atoms with Crippen LogP contribution in [0.2, 0.25) is 0 Å². The lowest BCUT2D eigenvalue weighted by Gasteiger charge is -2.36. The normalized spacial score (nSPS) is 20.5. The van der Waals surface area contributed by atoms with Gasteiger partial charge in [0, 0.05) is 19.6 Å². The molecule has 2 heterocycles. The zero-order valence-corrected chi connectivity index (χ0v) is 19.4. The molecule has 0 N–H and O–H groups in total. The molecule has 6 nitrogen and oxygen atoms in total. The van der Waals surface area contributed by atoms with E-state index < -0.39 is 0 Å². The number of carbonyl (C=O) groups excluding carboxylic acids is 2. The van der Waals surface area contributed by atoms with Crippen molar-refractivity contribution in [3.63, 3.8) is 0 Å². The molecule has 6 heteroatoms. The van der Waals surface area contributed by atoms with Gasteiger partial charge < -0.3 is 19.3 Å². The number of carbonyl (C=O) groups is 2. The van der Waals surface area contributed by atoms with Crippen LogP contribution in [0.4, 0.5) is 0 Å². The van der Waals surface area contributed by atoms with Crippen LogP contribution >= 0.6 is 0 Å². The third-order valence-electron chi connectivity index (χ3n) is 6.56. The molecule has 0 spiro atoms. The van der Waals surface area contributed by atoms with Gasteiger partial charge in [-0.15, -0.1) is 0 Å². The van der Waals surface area contributed by atoms with Gasteiger partial charge in [-0.25, -0.2) is 0 Å². The van der Waals surface area contributed by atoms with Crippen molar-refractivity contribution < 1.29 is 19.1 Å². The summed E-state index contributed by atoms with van der Waals surface area (Å²) in [7, 11) is 0. The van der Waals surface area contributed by atoms with Gasteiger partial charge in [0.2, 0.25) is 11.8 Å². The van der Waals surface area contributed by atoms with Crippen molar-refractivity contribution in [2.75, 3.05) is 32.8 Å². The van der Waals surface area contributed by atoms with Crippen molar-refractivity contribution in [1.29, 1.82) is 0 Å². The van der Waals surface area contributed by atoms with E-state index in [0.717, 1.165) is 55.8 Å². The van der Waals surface area contributed by atoms with Crippen molar-refractivity contribution >= 4 is 11.8 Å². The summed E-state index contributed by atoms with van der Waals surface area (Å²) in [4.78, 5) is 30.1. The van der Waals surface area contributed by atoms with Gasteiger partial charge in [-0.05, 0) is 62.4 Å². The van der Waals surface area contributed by atoms with E-state index in [1.807, 2.05) is 59.2 Å². The fourth-order valence-corrected chi connectivity index (χ4v) is 4.90. The predicted molar refractivity (Wildman–Crippen MR) is 127 cm³/mol. The van der Waals surface area contributed by atoms with Crippen LogP contribution in [0.1, 0.15) is 50.6 Å². The first-order chi connectivity index (χ1) is 16.2. The second-order valence-electron chi connectivity index (χ2n) is 8.78. The summed E-state index contributed by atoms with van der Waals surface area (Å²) in [6, 6.07) is 17.8. The number of benzene rings is 2. The highest BCUT2D eigenvalue weighted by atomic mass is 16.5. The van der Waals surface area contributed by atoms with Crippen LogP contribution in [0.25, 0.3) is 0 Å². The van der Waals surface area contributed by atoms with Gasteiger partial charge in [0.1, 0.15) is 11.5 Å². The SMILES string of the molecule is CCOc1ccc(C2CCCN2C(=O)C2CCCN(C(=O)CCOc3ccccc3)C2)cc1. The molecule has 4 rings (SSSR count). The van der Waals surface area contributed by atoms with Crippen LogP contribution in [0, 0.1) is 5.92 Å². The Balaban J connectivity index is 1.32. The lowest BCUT2D eigenvalue weighted by atomic mass is 9.95. The van der Waals surface area contributed by atoms with Crippen LogP contribution in [-0.2, 0) is 9.59 Å². The Morgan fingerprint density at radius 1 is 0.909 bits per heavy atom. The molecule has 176 valence electrons. The van der Waals surface area contributed by atoms with Crippen molar-refractivity contribution in [3.8, 4) is 11.5 Å². The number of amides is 2. The third-order valence-corrected chi connectivity index (χ3v) is 6.56. The smallest absolute Gasteiger partial charge is 0.227 e. The minimum Gasteiger partial charge on any atom is -0.494 e. The Morgan fingerprint density at radius 2 is 1.64 bits per heavy atom. The van der Waals surface area contributed by atoms with Crippen LogP contribution in [0.3, 0.4) is 0 Å². The lowest BCUT2D eigenvalue weighted by molar-refractivity contribution is -0.141. The van der Waals surface area contributed by atoms with E-state index in [2.05, 4.69) is 12.1 Å². The number of hydrogen-bond donors (Lipinski definition) is 0. The first-order valence-corrected chi connectivity index (χ1v) is 12.1. The van der Waals surface area contributed by atoms with E-state index in [9.17, 15) is 9.59 Å². The number of para-hydroxylation sites is 1. The molecule has 0 saturated carbocycles. The maximum Gasteiger partial charge on any atom is 0.227 e. The van der Waals surface area contributed by atoms with Crippen LogP contribution < -0.4 is 9.47 Å². The van der Waals surface area contributed by atoms with Gasteiger partial charge in [-0.3, -0.25) is 9.59 Å². The second-order valence-corrected chi connectivity index (χ2v) is 8.78. The summed E-state index contributed by atoms with van der Waals surface area (Å²) >= 11 is 0. The zero-order valence-electron chi connectivity index (χ0n) is 19.4. The number of rotatable bonds is 8. The Labute approximate surface area is 196 Å². The molecule has 0 radical (unpaired) electrons. The van der Waals surface area contributed by atoms with Crippen LogP contribution in [0.5, 0.6) is 11.5 Å². The average molecular weight is 451 g/mol. The number of piperidine rings is 1. The molecule has 2 aromatic rings. The molecule has 2 aliphatic heterocycles. The van der Waals surface area contributed by atoms with Gasteiger partial charge in [0.15, 0.2) is 0 Å². The summed E-state index contributed by atoms with van der Waals surface area (Å²) in [5.74, 6) is 1.75. The maximum absolute atomic E-state index is 13.5. The van der Waals surface area contributed by atoms with Gasteiger partial charge in [0.05, 0.1) is 31.6 Å². The number of nitrogens with zero attached hydrogens (tertiary/aromatic N) is 2. The van der Waals surface area contributed by atoms with Crippen LogP contribution in [0.15, 0.2) is 54.6 Å². The van der Waals surface area contributed by atoms with E-state index in [-0.39, 0.29) is 23.8 Å². The summed E-state index contributed by atoms with van der Waals surface area (Å²) < 4.78 is 11.2. The monoisotopic (exact) mass is 450 g/mol. The molecule has 2 amide bonds. The number of hydrogen-bond acceptors (Lipinski definition) is 4.